The lowest BCUT2D eigenvalue weighted by Gasteiger charge is -2.32. The number of aliphatic imine (C=N–C) groups is 1. The minimum Gasteiger partial charge on any atom is -0.493 e. The SMILES string of the molecule is COc1cc(CC2=NC(OC)(OC)Cc3ccccc32)cc(OC)c1OC. The molecule has 1 heterocycles. The molecule has 1 aliphatic rings. The maximum absolute atomic E-state index is 5.60. The first-order chi connectivity index (χ1) is 13.1. The van der Waals surface area contributed by atoms with E-state index >= 15 is 0 Å². The molecule has 0 amide bonds. The van der Waals surface area contributed by atoms with Gasteiger partial charge in [0.15, 0.2) is 11.5 Å². The van der Waals surface area contributed by atoms with E-state index in [-0.39, 0.29) is 0 Å². The standard InChI is InChI=1S/C21H25NO5/c1-23-18-11-14(12-19(24-2)20(18)25-3)10-17-16-9-7-6-8-15(16)13-21(22-17,26-4)27-5/h6-9,11-12H,10,13H2,1-5H3. The number of benzene rings is 2. The maximum Gasteiger partial charge on any atom is 0.273 e. The molecule has 2 aromatic rings. The summed E-state index contributed by atoms with van der Waals surface area (Å²) in [6.07, 6.45) is 1.14. The van der Waals surface area contributed by atoms with E-state index in [4.69, 9.17) is 28.7 Å². The molecule has 0 saturated heterocycles. The molecule has 144 valence electrons. The Kier molecular flexibility index (Phi) is 5.68. The molecule has 0 spiro atoms. The second-order valence-corrected chi connectivity index (χ2v) is 6.22. The van der Waals surface area contributed by atoms with Gasteiger partial charge in [0.05, 0.1) is 33.5 Å². The van der Waals surface area contributed by atoms with Crippen molar-refractivity contribution in [2.45, 2.75) is 18.8 Å². The Morgan fingerprint density at radius 3 is 2.07 bits per heavy atom. The lowest BCUT2D eigenvalue weighted by molar-refractivity contribution is -0.199. The summed E-state index contributed by atoms with van der Waals surface area (Å²) >= 11 is 0. The molecule has 0 bridgehead atoms. The molecular weight excluding hydrogens is 346 g/mol. The summed E-state index contributed by atoms with van der Waals surface area (Å²) in [6, 6.07) is 12.0. The summed E-state index contributed by atoms with van der Waals surface area (Å²) in [6.45, 7) is 0. The highest BCUT2D eigenvalue weighted by molar-refractivity contribution is 6.04. The highest BCUT2D eigenvalue weighted by atomic mass is 16.7. The van der Waals surface area contributed by atoms with Gasteiger partial charge in [0.2, 0.25) is 5.75 Å². The molecule has 0 atom stereocenters. The van der Waals surface area contributed by atoms with Gasteiger partial charge in [-0.3, -0.25) is 0 Å². The van der Waals surface area contributed by atoms with Crippen molar-refractivity contribution in [2.24, 2.45) is 4.99 Å². The molecule has 0 aliphatic carbocycles. The van der Waals surface area contributed by atoms with Crippen LogP contribution in [0.4, 0.5) is 0 Å². The molecule has 3 rings (SSSR count). The summed E-state index contributed by atoms with van der Waals surface area (Å²) < 4.78 is 27.5. The largest absolute Gasteiger partial charge is 0.493 e. The van der Waals surface area contributed by atoms with Crippen LogP contribution in [0.15, 0.2) is 41.4 Å². The van der Waals surface area contributed by atoms with E-state index in [1.807, 2.05) is 24.3 Å². The van der Waals surface area contributed by atoms with Gasteiger partial charge in [-0.1, -0.05) is 24.3 Å². The van der Waals surface area contributed by atoms with Gasteiger partial charge in [0.25, 0.3) is 5.91 Å². The van der Waals surface area contributed by atoms with E-state index in [1.165, 1.54) is 0 Å². The van der Waals surface area contributed by atoms with Crippen LogP contribution in [-0.4, -0.2) is 47.2 Å². The van der Waals surface area contributed by atoms with Crippen molar-refractivity contribution in [3.8, 4) is 17.2 Å². The van der Waals surface area contributed by atoms with Crippen LogP contribution in [0.2, 0.25) is 0 Å². The van der Waals surface area contributed by atoms with Crippen LogP contribution < -0.4 is 14.2 Å². The number of nitrogens with zero attached hydrogens (tertiary/aromatic N) is 1. The number of fused-ring (bicyclic) bond motifs is 1. The predicted octanol–water partition coefficient (Wildman–Crippen LogP) is 3.25. The molecule has 0 unspecified atom stereocenters. The van der Waals surface area contributed by atoms with Gasteiger partial charge in [-0.05, 0) is 28.8 Å². The first-order valence-electron chi connectivity index (χ1n) is 8.66. The van der Waals surface area contributed by atoms with Gasteiger partial charge < -0.3 is 23.7 Å². The summed E-state index contributed by atoms with van der Waals surface area (Å²) in [5, 5.41) is 0. The summed E-state index contributed by atoms with van der Waals surface area (Å²) in [4.78, 5) is 4.80. The quantitative estimate of drug-likeness (QED) is 0.700. The maximum atomic E-state index is 5.60. The molecule has 0 fully saturated rings. The van der Waals surface area contributed by atoms with Crippen LogP contribution in [0.25, 0.3) is 0 Å². The van der Waals surface area contributed by atoms with Gasteiger partial charge >= 0.3 is 0 Å². The van der Waals surface area contributed by atoms with Crippen LogP contribution in [0.1, 0.15) is 16.7 Å². The second-order valence-electron chi connectivity index (χ2n) is 6.22. The zero-order valence-electron chi connectivity index (χ0n) is 16.4. The van der Waals surface area contributed by atoms with Crippen LogP contribution in [0.5, 0.6) is 17.2 Å². The third-order valence-electron chi connectivity index (χ3n) is 4.78. The highest BCUT2D eigenvalue weighted by Gasteiger charge is 2.35. The first kappa shape index (κ1) is 19.2. The highest BCUT2D eigenvalue weighted by Crippen LogP contribution is 2.39. The van der Waals surface area contributed by atoms with Gasteiger partial charge in [-0.15, -0.1) is 0 Å². The molecule has 0 radical (unpaired) electrons. The van der Waals surface area contributed by atoms with Gasteiger partial charge in [-0.2, -0.15) is 0 Å². The van der Waals surface area contributed by atoms with Crippen molar-refractivity contribution in [2.75, 3.05) is 35.5 Å². The molecule has 2 aromatic carbocycles. The Hall–Kier alpha value is -2.57. The topological polar surface area (TPSA) is 58.5 Å². The molecule has 6 nitrogen and oxygen atoms in total. The Balaban J connectivity index is 2.06. The van der Waals surface area contributed by atoms with Crippen molar-refractivity contribution in [3.63, 3.8) is 0 Å². The fourth-order valence-electron chi connectivity index (χ4n) is 3.39. The Morgan fingerprint density at radius 2 is 1.52 bits per heavy atom. The van der Waals surface area contributed by atoms with Crippen molar-refractivity contribution in [1.29, 1.82) is 0 Å². The van der Waals surface area contributed by atoms with Gasteiger partial charge in [0, 0.05) is 20.6 Å². The number of hydrogen-bond acceptors (Lipinski definition) is 6. The lowest BCUT2D eigenvalue weighted by atomic mass is 9.92. The van der Waals surface area contributed by atoms with Crippen LogP contribution >= 0.6 is 0 Å². The fourth-order valence-corrected chi connectivity index (χ4v) is 3.39. The molecular formula is C21H25NO5. The smallest absolute Gasteiger partial charge is 0.273 e. The zero-order chi connectivity index (χ0) is 19.4. The van der Waals surface area contributed by atoms with E-state index in [9.17, 15) is 0 Å². The van der Waals surface area contributed by atoms with Crippen molar-refractivity contribution in [3.05, 3.63) is 53.1 Å². The average Bonchev–Trinajstić information content (AvgIpc) is 2.72. The lowest BCUT2D eigenvalue weighted by Crippen LogP contribution is -2.39. The second kappa shape index (κ2) is 7.98. The monoisotopic (exact) mass is 371 g/mol. The molecule has 27 heavy (non-hydrogen) atoms. The van der Waals surface area contributed by atoms with E-state index in [0.717, 1.165) is 22.4 Å². The Bertz CT molecular complexity index is 817. The molecule has 0 N–H and O–H groups in total. The van der Waals surface area contributed by atoms with Gasteiger partial charge in [-0.25, -0.2) is 4.99 Å². The Labute approximate surface area is 159 Å². The van der Waals surface area contributed by atoms with Crippen LogP contribution in [0, 0.1) is 0 Å². The molecule has 0 saturated carbocycles. The molecule has 6 heteroatoms. The number of hydrogen-bond donors (Lipinski definition) is 0. The summed E-state index contributed by atoms with van der Waals surface area (Å²) in [7, 11) is 8.02. The normalized spacial score (nSPS) is 14.9. The van der Waals surface area contributed by atoms with Crippen LogP contribution in [-0.2, 0) is 22.3 Å². The van der Waals surface area contributed by atoms with E-state index in [0.29, 0.717) is 30.1 Å². The Morgan fingerprint density at radius 1 is 0.889 bits per heavy atom. The van der Waals surface area contributed by atoms with Crippen molar-refractivity contribution < 1.29 is 23.7 Å². The first-order valence-corrected chi connectivity index (χ1v) is 8.66. The minimum atomic E-state index is -1.01. The number of rotatable bonds is 7. The van der Waals surface area contributed by atoms with E-state index in [2.05, 4.69) is 12.1 Å². The third-order valence-corrected chi connectivity index (χ3v) is 4.78. The van der Waals surface area contributed by atoms with Crippen LogP contribution in [0.3, 0.4) is 0 Å². The zero-order valence-corrected chi connectivity index (χ0v) is 16.4. The molecule has 0 aromatic heterocycles. The predicted molar refractivity (Wildman–Crippen MR) is 103 cm³/mol. The average molecular weight is 371 g/mol. The van der Waals surface area contributed by atoms with Crippen molar-refractivity contribution >= 4 is 5.71 Å². The van der Waals surface area contributed by atoms with E-state index < -0.39 is 5.91 Å². The fraction of sp³-hybridized carbons (Fsp3) is 0.381. The number of ether oxygens (including phenoxy) is 5. The van der Waals surface area contributed by atoms with Gasteiger partial charge in [0.1, 0.15) is 0 Å². The number of methoxy groups -OCH3 is 5. The van der Waals surface area contributed by atoms with E-state index in [1.54, 1.807) is 35.5 Å². The minimum absolute atomic E-state index is 0.564. The van der Waals surface area contributed by atoms with Crippen molar-refractivity contribution in [1.82, 2.24) is 0 Å². The third kappa shape index (κ3) is 3.63. The molecule has 1 aliphatic heterocycles. The summed E-state index contributed by atoms with van der Waals surface area (Å²) in [5.41, 5.74) is 4.10. The summed E-state index contributed by atoms with van der Waals surface area (Å²) in [5.74, 6) is 0.782.